The highest BCUT2D eigenvalue weighted by atomic mass is 17.2. The topological polar surface area (TPSA) is 44.8 Å². The summed E-state index contributed by atoms with van der Waals surface area (Å²) in [5.74, 6) is -0.442. The van der Waals surface area contributed by atoms with E-state index in [1.54, 1.807) is 0 Å². The predicted octanol–water partition coefficient (Wildman–Crippen LogP) is 2.71. The van der Waals surface area contributed by atoms with Gasteiger partial charge in [0.1, 0.15) is 6.10 Å². The van der Waals surface area contributed by atoms with Gasteiger partial charge in [-0.15, -0.1) is 0 Å². The molecule has 96 valence electrons. The van der Waals surface area contributed by atoms with Crippen molar-refractivity contribution < 1.29 is 19.3 Å². The van der Waals surface area contributed by atoms with Crippen molar-refractivity contribution in [3.05, 3.63) is 0 Å². The Morgan fingerprint density at radius 2 is 1.94 bits per heavy atom. The quantitative estimate of drug-likeness (QED) is 0.384. The van der Waals surface area contributed by atoms with E-state index < -0.39 is 5.97 Å². The van der Waals surface area contributed by atoms with Gasteiger partial charge in [0, 0.05) is 13.5 Å². The van der Waals surface area contributed by atoms with Gasteiger partial charge in [0.05, 0.1) is 6.61 Å². The summed E-state index contributed by atoms with van der Waals surface area (Å²) in [6.07, 6.45) is 1.89. The van der Waals surface area contributed by atoms with E-state index in [1.165, 1.54) is 6.92 Å². The molecule has 4 heteroatoms. The largest absolute Gasteiger partial charge is 0.379 e. The van der Waals surface area contributed by atoms with Crippen LogP contribution in [0.15, 0.2) is 0 Å². The Kier molecular flexibility index (Phi) is 7.34. The molecule has 0 bridgehead atoms. The molecule has 0 fully saturated rings. The minimum absolute atomic E-state index is 0.123. The normalized spacial score (nSPS) is 13.6. The summed E-state index contributed by atoms with van der Waals surface area (Å²) in [6.45, 7) is 10.6. The van der Waals surface area contributed by atoms with Gasteiger partial charge in [-0.1, -0.05) is 34.1 Å². The molecule has 0 N–H and O–H groups in total. The lowest BCUT2D eigenvalue weighted by atomic mass is 9.90. The molecule has 0 heterocycles. The molecule has 1 unspecified atom stereocenters. The van der Waals surface area contributed by atoms with Crippen LogP contribution in [0.5, 0.6) is 0 Å². The van der Waals surface area contributed by atoms with Gasteiger partial charge in [-0.3, -0.25) is 4.89 Å². The van der Waals surface area contributed by atoms with Crippen molar-refractivity contribution in [1.82, 2.24) is 0 Å². The number of ether oxygens (including phenoxy) is 1. The van der Waals surface area contributed by atoms with Crippen LogP contribution in [0.25, 0.3) is 0 Å². The fourth-order valence-electron chi connectivity index (χ4n) is 0.985. The monoisotopic (exact) mass is 232 g/mol. The average Bonchev–Trinajstić information content (AvgIpc) is 2.14. The first-order valence-electron chi connectivity index (χ1n) is 5.79. The molecule has 0 aliphatic carbocycles. The predicted molar refractivity (Wildman–Crippen MR) is 61.8 cm³/mol. The first-order chi connectivity index (χ1) is 7.38. The molecule has 1 atom stereocenters. The Bertz CT molecular complexity index is 196. The minimum atomic E-state index is -0.442. The highest BCUT2D eigenvalue weighted by Gasteiger charge is 2.27. The van der Waals surface area contributed by atoms with Gasteiger partial charge in [0.2, 0.25) is 0 Å². The van der Waals surface area contributed by atoms with Crippen LogP contribution in [0, 0.1) is 5.41 Å². The van der Waals surface area contributed by atoms with E-state index in [2.05, 4.69) is 11.8 Å². The summed E-state index contributed by atoms with van der Waals surface area (Å²) in [4.78, 5) is 20.3. The van der Waals surface area contributed by atoms with Crippen LogP contribution in [-0.2, 0) is 19.3 Å². The molecule has 0 radical (unpaired) electrons. The number of carbonyl (C=O) groups excluding carboxylic acids is 1. The van der Waals surface area contributed by atoms with Gasteiger partial charge in [-0.25, -0.2) is 4.79 Å². The van der Waals surface area contributed by atoms with E-state index in [4.69, 9.17) is 9.62 Å². The third-order valence-corrected chi connectivity index (χ3v) is 2.16. The van der Waals surface area contributed by atoms with Crippen molar-refractivity contribution in [2.75, 3.05) is 13.2 Å². The number of unbranched alkanes of at least 4 members (excludes halogenated alkanes) is 1. The van der Waals surface area contributed by atoms with Crippen LogP contribution in [0.1, 0.15) is 47.5 Å². The smallest absolute Gasteiger partial charge is 0.339 e. The zero-order valence-electron chi connectivity index (χ0n) is 11.0. The summed E-state index contributed by atoms with van der Waals surface area (Å²) in [5, 5.41) is 0. The molecule has 16 heavy (non-hydrogen) atoms. The zero-order chi connectivity index (χ0) is 12.6. The molecular weight excluding hydrogens is 208 g/mol. The van der Waals surface area contributed by atoms with Gasteiger partial charge >= 0.3 is 5.97 Å². The minimum Gasteiger partial charge on any atom is -0.379 e. The third-order valence-electron chi connectivity index (χ3n) is 2.16. The van der Waals surface area contributed by atoms with Crippen molar-refractivity contribution in [2.45, 2.75) is 53.6 Å². The maximum atomic E-state index is 10.7. The number of hydrogen-bond acceptors (Lipinski definition) is 4. The molecule has 0 aliphatic rings. The third kappa shape index (κ3) is 7.65. The van der Waals surface area contributed by atoms with E-state index in [9.17, 15) is 4.79 Å². The Morgan fingerprint density at radius 3 is 2.38 bits per heavy atom. The number of carbonyl (C=O) groups is 1. The van der Waals surface area contributed by atoms with Crippen molar-refractivity contribution >= 4 is 5.97 Å². The van der Waals surface area contributed by atoms with Crippen LogP contribution < -0.4 is 0 Å². The maximum Gasteiger partial charge on any atom is 0.339 e. The Morgan fingerprint density at radius 1 is 1.31 bits per heavy atom. The lowest BCUT2D eigenvalue weighted by Gasteiger charge is -2.28. The Balaban J connectivity index is 3.97. The number of rotatable bonds is 7. The number of hydrogen-bond donors (Lipinski definition) is 0. The molecule has 0 aromatic heterocycles. The van der Waals surface area contributed by atoms with Crippen LogP contribution in [0.2, 0.25) is 0 Å². The van der Waals surface area contributed by atoms with Gasteiger partial charge in [-0.05, 0) is 11.8 Å². The molecule has 0 aromatic carbocycles. The lowest BCUT2D eigenvalue weighted by molar-refractivity contribution is -0.319. The van der Waals surface area contributed by atoms with Gasteiger partial charge in [0.25, 0.3) is 0 Å². The molecule has 0 amide bonds. The van der Waals surface area contributed by atoms with Crippen molar-refractivity contribution in [3.63, 3.8) is 0 Å². The van der Waals surface area contributed by atoms with E-state index >= 15 is 0 Å². The van der Waals surface area contributed by atoms with E-state index in [0.29, 0.717) is 13.2 Å². The standard InChI is InChI=1S/C12H24O4/c1-6-7-8-14-9-11(12(3,4)5)16-15-10(2)13/h11H,6-9H2,1-5H3. The van der Waals surface area contributed by atoms with Crippen molar-refractivity contribution in [2.24, 2.45) is 5.41 Å². The van der Waals surface area contributed by atoms with Gasteiger partial charge in [0.15, 0.2) is 0 Å². The van der Waals surface area contributed by atoms with Crippen molar-refractivity contribution in [1.29, 1.82) is 0 Å². The molecule has 4 nitrogen and oxygen atoms in total. The average molecular weight is 232 g/mol. The molecule has 0 aromatic rings. The molecule has 0 rings (SSSR count). The summed E-state index contributed by atoms with van der Waals surface area (Å²) in [7, 11) is 0. The van der Waals surface area contributed by atoms with E-state index in [-0.39, 0.29) is 11.5 Å². The van der Waals surface area contributed by atoms with Crippen molar-refractivity contribution in [3.8, 4) is 0 Å². The molecule has 0 saturated heterocycles. The Hall–Kier alpha value is -0.610. The second-order valence-corrected chi connectivity index (χ2v) is 4.95. The van der Waals surface area contributed by atoms with Crippen LogP contribution in [0.4, 0.5) is 0 Å². The SMILES string of the molecule is CCCCOCC(OOC(C)=O)C(C)(C)C. The summed E-state index contributed by atoms with van der Waals surface area (Å²) >= 11 is 0. The fraction of sp³-hybridized carbons (Fsp3) is 0.917. The summed E-state index contributed by atoms with van der Waals surface area (Å²) < 4.78 is 5.48. The van der Waals surface area contributed by atoms with E-state index in [1.807, 2.05) is 20.8 Å². The molecule has 0 aliphatic heterocycles. The zero-order valence-corrected chi connectivity index (χ0v) is 11.0. The second kappa shape index (κ2) is 7.63. The highest BCUT2D eigenvalue weighted by Crippen LogP contribution is 2.22. The molecule has 0 saturated carbocycles. The molecule has 0 spiro atoms. The highest BCUT2D eigenvalue weighted by molar-refractivity contribution is 5.65. The van der Waals surface area contributed by atoms with Crippen LogP contribution in [0.3, 0.4) is 0 Å². The first kappa shape index (κ1) is 15.4. The Labute approximate surface area is 98.2 Å². The van der Waals surface area contributed by atoms with Gasteiger partial charge < -0.3 is 4.74 Å². The summed E-state index contributed by atoms with van der Waals surface area (Å²) in [6, 6.07) is 0. The van der Waals surface area contributed by atoms with Crippen LogP contribution >= 0.6 is 0 Å². The second-order valence-electron chi connectivity index (χ2n) is 4.95. The maximum absolute atomic E-state index is 10.7. The van der Waals surface area contributed by atoms with Gasteiger partial charge in [-0.2, -0.15) is 4.89 Å². The lowest BCUT2D eigenvalue weighted by Crippen LogP contribution is -2.34. The summed E-state index contributed by atoms with van der Waals surface area (Å²) in [5.41, 5.74) is -0.123. The van der Waals surface area contributed by atoms with E-state index in [0.717, 1.165) is 12.8 Å². The molecular formula is C12H24O4. The van der Waals surface area contributed by atoms with Crippen LogP contribution in [-0.4, -0.2) is 25.3 Å². The first-order valence-corrected chi connectivity index (χ1v) is 5.79. The fourth-order valence-corrected chi connectivity index (χ4v) is 0.985.